The molecule has 112 valence electrons. The van der Waals surface area contributed by atoms with Crippen molar-refractivity contribution in [3.05, 3.63) is 17.5 Å². The van der Waals surface area contributed by atoms with Gasteiger partial charge in [0.25, 0.3) is 0 Å². The molecule has 0 radical (unpaired) electrons. The molecule has 1 heterocycles. The van der Waals surface area contributed by atoms with E-state index in [1.165, 1.54) is 7.11 Å². The number of nitrogens with zero attached hydrogens (tertiary/aromatic N) is 2. The van der Waals surface area contributed by atoms with Crippen LogP contribution in [0, 0.1) is 0 Å². The second kappa shape index (κ2) is 5.95. The van der Waals surface area contributed by atoms with Gasteiger partial charge in [-0.2, -0.15) is 5.10 Å². The maximum atomic E-state index is 12.2. The summed E-state index contributed by atoms with van der Waals surface area (Å²) < 4.78 is 6.93. The normalized spacial score (nSPS) is 17.8. The highest BCUT2D eigenvalue weighted by atomic mass is 16.5. The fourth-order valence-electron chi connectivity index (χ4n) is 2.48. The van der Waals surface area contributed by atoms with Crippen LogP contribution < -0.4 is 5.32 Å². The topological polar surface area (TPSA) is 56.2 Å². The summed E-state index contributed by atoms with van der Waals surface area (Å²) in [5, 5.41) is 8.01. The molecule has 5 nitrogen and oxygen atoms in total. The van der Waals surface area contributed by atoms with Gasteiger partial charge in [-0.3, -0.25) is 10.00 Å². The van der Waals surface area contributed by atoms with Crippen LogP contribution in [-0.2, 0) is 28.9 Å². The molecule has 5 heteroatoms. The summed E-state index contributed by atoms with van der Waals surface area (Å²) in [6.45, 7) is 6.62. The molecular formula is C15H25N3O2. The fraction of sp³-hybridized carbons (Fsp3) is 0.733. The van der Waals surface area contributed by atoms with E-state index in [1.54, 1.807) is 0 Å². The highest BCUT2D eigenvalue weighted by Crippen LogP contribution is 2.24. The molecule has 1 N–H and O–H groups in total. The summed E-state index contributed by atoms with van der Waals surface area (Å²) in [6, 6.07) is 2.56. The molecule has 0 spiro atoms. The molecule has 0 aliphatic heterocycles. The van der Waals surface area contributed by atoms with Crippen LogP contribution in [0.4, 0.5) is 0 Å². The Hall–Kier alpha value is -1.36. The van der Waals surface area contributed by atoms with Crippen LogP contribution in [0.25, 0.3) is 0 Å². The molecule has 0 amide bonds. The minimum absolute atomic E-state index is 0.222. The molecule has 1 aromatic heterocycles. The van der Waals surface area contributed by atoms with Crippen molar-refractivity contribution in [1.29, 1.82) is 0 Å². The van der Waals surface area contributed by atoms with E-state index in [-0.39, 0.29) is 5.97 Å². The van der Waals surface area contributed by atoms with Crippen LogP contribution in [0.1, 0.15) is 45.0 Å². The van der Waals surface area contributed by atoms with Crippen molar-refractivity contribution in [3.63, 3.8) is 0 Å². The Balaban J connectivity index is 2.21. The lowest BCUT2D eigenvalue weighted by molar-refractivity contribution is -0.148. The van der Waals surface area contributed by atoms with Crippen molar-refractivity contribution in [2.24, 2.45) is 0 Å². The summed E-state index contributed by atoms with van der Waals surface area (Å²) in [6.07, 6.45) is 4.08. The van der Waals surface area contributed by atoms with Crippen molar-refractivity contribution >= 4 is 5.97 Å². The van der Waals surface area contributed by atoms with E-state index in [0.717, 1.165) is 37.1 Å². The van der Waals surface area contributed by atoms with Crippen LogP contribution in [0.5, 0.6) is 0 Å². The molecule has 2 rings (SSSR count). The Morgan fingerprint density at radius 2 is 2.20 bits per heavy atom. The third kappa shape index (κ3) is 3.20. The predicted molar refractivity (Wildman–Crippen MR) is 77.6 cm³/mol. The van der Waals surface area contributed by atoms with Crippen molar-refractivity contribution in [2.75, 3.05) is 7.11 Å². The highest BCUT2D eigenvalue weighted by molar-refractivity contribution is 5.80. The van der Waals surface area contributed by atoms with Gasteiger partial charge in [0.1, 0.15) is 5.54 Å². The van der Waals surface area contributed by atoms with Crippen molar-refractivity contribution < 1.29 is 9.53 Å². The summed E-state index contributed by atoms with van der Waals surface area (Å²) in [5.41, 5.74) is 1.52. The van der Waals surface area contributed by atoms with Gasteiger partial charge in [0, 0.05) is 11.7 Å². The van der Waals surface area contributed by atoms with Gasteiger partial charge in [-0.15, -0.1) is 0 Å². The molecule has 1 fully saturated rings. The largest absolute Gasteiger partial charge is 0.468 e. The summed E-state index contributed by atoms with van der Waals surface area (Å²) in [7, 11) is 1.44. The minimum Gasteiger partial charge on any atom is -0.468 e. The summed E-state index contributed by atoms with van der Waals surface area (Å²) in [5.74, 6) is -0.222. The van der Waals surface area contributed by atoms with Crippen LogP contribution >= 0.6 is 0 Å². The van der Waals surface area contributed by atoms with E-state index >= 15 is 0 Å². The number of aromatic nitrogens is 2. The molecule has 0 bridgehead atoms. The Kier molecular flexibility index (Phi) is 4.48. The average Bonchev–Trinajstić information content (AvgIpc) is 3.16. The number of carbonyl (C=O) groups is 1. The van der Waals surface area contributed by atoms with E-state index < -0.39 is 5.54 Å². The first kappa shape index (κ1) is 15.0. The van der Waals surface area contributed by atoms with E-state index in [9.17, 15) is 4.79 Å². The standard InChI is InChI=1S/C15H25N3O2/c1-5-11-9-13(6-2)18(17-11)10-15(3,14(19)20-4)16-12-7-8-12/h9,12,16H,5-8,10H2,1-4H3. The number of carbonyl (C=O) groups excluding carboxylic acids is 1. The third-order valence-corrected chi connectivity index (χ3v) is 3.84. The van der Waals surface area contributed by atoms with Gasteiger partial charge in [-0.05, 0) is 38.7 Å². The van der Waals surface area contributed by atoms with E-state index in [2.05, 4.69) is 30.3 Å². The molecule has 0 aromatic carbocycles. The van der Waals surface area contributed by atoms with Crippen molar-refractivity contribution in [3.8, 4) is 0 Å². The Morgan fingerprint density at radius 3 is 2.70 bits per heavy atom. The molecule has 1 unspecified atom stereocenters. The number of methoxy groups -OCH3 is 1. The number of hydrogen-bond acceptors (Lipinski definition) is 4. The molecule has 20 heavy (non-hydrogen) atoms. The Labute approximate surface area is 120 Å². The van der Waals surface area contributed by atoms with E-state index in [4.69, 9.17) is 4.74 Å². The lowest BCUT2D eigenvalue weighted by Crippen LogP contribution is -2.54. The van der Waals surface area contributed by atoms with Gasteiger partial charge < -0.3 is 4.74 Å². The van der Waals surface area contributed by atoms with Gasteiger partial charge in [0.05, 0.1) is 19.3 Å². The van der Waals surface area contributed by atoms with E-state index in [0.29, 0.717) is 12.6 Å². The first-order valence-electron chi connectivity index (χ1n) is 7.44. The average molecular weight is 279 g/mol. The van der Waals surface area contributed by atoms with E-state index in [1.807, 2.05) is 11.6 Å². The van der Waals surface area contributed by atoms with Crippen LogP contribution in [0.15, 0.2) is 6.07 Å². The monoisotopic (exact) mass is 279 g/mol. The number of nitrogens with one attached hydrogen (secondary N) is 1. The quantitative estimate of drug-likeness (QED) is 0.772. The summed E-state index contributed by atoms with van der Waals surface area (Å²) in [4.78, 5) is 12.2. The van der Waals surface area contributed by atoms with Gasteiger partial charge in [-0.25, -0.2) is 4.79 Å². The van der Waals surface area contributed by atoms with Gasteiger partial charge >= 0.3 is 5.97 Å². The fourth-order valence-corrected chi connectivity index (χ4v) is 2.48. The molecule has 1 aliphatic rings. The number of esters is 1. The van der Waals surface area contributed by atoms with Gasteiger partial charge in [0.15, 0.2) is 0 Å². The summed E-state index contributed by atoms with van der Waals surface area (Å²) >= 11 is 0. The zero-order valence-corrected chi connectivity index (χ0v) is 12.9. The molecule has 1 aromatic rings. The Morgan fingerprint density at radius 1 is 1.50 bits per heavy atom. The molecule has 1 saturated carbocycles. The van der Waals surface area contributed by atoms with Crippen LogP contribution in [0.2, 0.25) is 0 Å². The van der Waals surface area contributed by atoms with Gasteiger partial charge in [0.2, 0.25) is 0 Å². The maximum Gasteiger partial charge on any atom is 0.327 e. The third-order valence-electron chi connectivity index (χ3n) is 3.84. The predicted octanol–water partition coefficient (Wildman–Crippen LogP) is 1.69. The smallest absolute Gasteiger partial charge is 0.327 e. The lowest BCUT2D eigenvalue weighted by atomic mass is 10.0. The number of hydrogen-bond donors (Lipinski definition) is 1. The first-order valence-corrected chi connectivity index (χ1v) is 7.44. The SMILES string of the molecule is CCc1cc(CC)n(CC(C)(NC2CC2)C(=O)OC)n1. The first-order chi connectivity index (χ1) is 9.52. The maximum absolute atomic E-state index is 12.2. The van der Waals surface area contributed by atoms with Crippen molar-refractivity contribution in [2.45, 2.75) is 64.6 Å². The lowest BCUT2D eigenvalue weighted by Gasteiger charge is -2.28. The second-order valence-electron chi connectivity index (χ2n) is 5.73. The highest BCUT2D eigenvalue weighted by Gasteiger charge is 2.40. The molecule has 0 saturated heterocycles. The second-order valence-corrected chi connectivity index (χ2v) is 5.73. The van der Waals surface area contributed by atoms with Crippen LogP contribution in [-0.4, -0.2) is 34.4 Å². The van der Waals surface area contributed by atoms with Crippen molar-refractivity contribution in [1.82, 2.24) is 15.1 Å². The van der Waals surface area contributed by atoms with Gasteiger partial charge in [-0.1, -0.05) is 13.8 Å². The number of rotatable bonds is 7. The zero-order chi connectivity index (χ0) is 14.8. The molecule has 1 atom stereocenters. The Bertz CT molecular complexity index is 479. The number of aryl methyl sites for hydroxylation is 2. The number of ether oxygens (including phenoxy) is 1. The minimum atomic E-state index is -0.711. The molecule has 1 aliphatic carbocycles. The molecular weight excluding hydrogens is 254 g/mol. The zero-order valence-electron chi connectivity index (χ0n) is 12.9. The van der Waals surface area contributed by atoms with Crippen LogP contribution in [0.3, 0.4) is 0 Å².